The summed E-state index contributed by atoms with van der Waals surface area (Å²) in [7, 11) is 0. The van der Waals surface area contributed by atoms with Crippen LogP contribution < -0.4 is 0 Å². The van der Waals surface area contributed by atoms with Gasteiger partial charge < -0.3 is 9.97 Å². The van der Waals surface area contributed by atoms with Crippen LogP contribution in [0.4, 0.5) is 0 Å². The Morgan fingerprint density at radius 1 is 0.479 bits per heavy atom. The average molecular weight is 631 g/mol. The van der Waals surface area contributed by atoms with Gasteiger partial charge >= 0.3 is 0 Å². The Balaban J connectivity index is 1.45. The molecule has 4 heteroatoms. The van der Waals surface area contributed by atoms with Crippen LogP contribution in [-0.4, -0.2) is 19.9 Å². The van der Waals surface area contributed by atoms with Gasteiger partial charge in [0.05, 0.1) is 22.8 Å². The molecule has 2 aliphatic heterocycles. The highest BCUT2D eigenvalue weighted by Gasteiger charge is 2.32. The fourth-order valence-electron chi connectivity index (χ4n) is 10.0. The first-order valence-corrected chi connectivity index (χ1v) is 18.4. The van der Waals surface area contributed by atoms with E-state index in [9.17, 15) is 0 Å². The Labute approximate surface area is 284 Å². The van der Waals surface area contributed by atoms with Crippen LogP contribution in [0.2, 0.25) is 0 Å². The van der Waals surface area contributed by atoms with E-state index in [2.05, 4.69) is 84.9 Å². The minimum atomic E-state index is 0.313. The third kappa shape index (κ3) is 4.48. The number of aromatic nitrogens is 4. The van der Waals surface area contributed by atoms with Gasteiger partial charge in [-0.25, -0.2) is 9.97 Å². The summed E-state index contributed by atoms with van der Waals surface area (Å²) in [5.74, 6) is 1.28. The zero-order chi connectivity index (χ0) is 32.5. The summed E-state index contributed by atoms with van der Waals surface area (Å²) in [6.45, 7) is 17.2. The van der Waals surface area contributed by atoms with E-state index in [1.54, 1.807) is 0 Å². The van der Waals surface area contributed by atoms with Crippen LogP contribution in [0.5, 0.6) is 0 Å². The highest BCUT2D eigenvalue weighted by atomic mass is 14.8. The smallest absolute Gasteiger partial charge is 0.0699 e. The highest BCUT2D eigenvalue weighted by Crippen LogP contribution is 2.48. The molecule has 8 bridgehead atoms. The van der Waals surface area contributed by atoms with Gasteiger partial charge in [0, 0.05) is 45.7 Å². The average Bonchev–Trinajstić information content (AvgIpc) is 3.86. The molecule has 9 rings (SSSR count). The second-order valence-corrected chi connectivity index (χ2v) is 14.8. The molecule has 4 unspecified atom stereocenters. The topological polar surface area (TPSA) is 57.4 Å². The van der Waals surface area contributed by atoms with E-state index in [0.717, 1.165) is 99.8 Å². The molecule has 2 N–H and O–H groups in total. The third-order valence-electron chi connectivity index (χ3n) is 12.2. The fraction of sp³-hybridized carbons (Fsp3) is 0.364. The fourth-order valence-corrected chi connectivity index (χ4v) is 10.0. The van der Waals surface area contributed by atoms with Gasteiger partial charge in [-0.05, 0) is 146 Å². The highest BCUT2D eigenvalue weighted by molar-refractivity contribution is 5.98. The van der Waals surface area contributed by atoms with Gasteiger partial charge in [0.15, 0.2) is 0 Å². The standard InChI is InChI=1S/C44H46N4/c1-5-25-13-9-17-29-33-22-38-43-27(7-3)15-11-19-31(43)35(47-38)24-40-44-28(8-4)16-12-20-32(44)36(48-40)23-39-42-26(6-2)14-10-18-30(42)34(46-39)21-37(45-33)41(25)29/h5-8,21-28,45,48H,1-4,9-20H2. The SMILES string of the molecule is C=CC1CCCC2=C1c1cc3[nH]c(cc4nc(cc5[nH]c(cc2n1)c1c5CCCC1C=C)C1=C4CCCC1C=C)c1c3CCCC1C=C. The van der Waals surface area contributed by atoms with Gasteiger partial charge in [-0.15, -0.1) is 26.3 Å². The number of nitrogens with one attached hydrogen (secondary N) is 2. The summed E-state index contributed by atoms with van der Waals surface area (Å²) in [6, 6.07) is 9.42. The monoisotopic (exact) mass is 630 g/mol. The first-order valence-electron chi connectivity index (χ1n) is 18.4. The summed E-state index contributed by atoms with van der Waals surface area (Å²) < 4.78 is 0. The normalized spacial score (nSPS) is 24.7. The van der Waals surface area contributed by atoms with E-state index >= 15 is 0 Å². The van der Waals surface area contributed by atoms with Crippen molar-refractivity contribution in [2.75, 3.05) is 0 Å². The predicted molar refractivity (Wildman–Crippen MR) is 201 cm³/mol. The molecule has 3 aromatic heterocycles. The maximum atomic E-state index is 5.48. The quantitative estimate of drug-likeness (QED) is 0.282. The number of nitrogens with zero attached hydrogens (tertiary/aromatic N) is 2. The Bertz CT molecular complexity index is 1990. The molecule has 0 radical (unpaired) electrons. The van der Waals surface area contributed by atoms with E-state index in [1.165, 1.54) is 66.6 Å². The molecule has 6 aliphatic rings. The lowest BCUT2D eigenvalue weighted by molar-refractivity contribution is 0.639. The first kappa shape index (κ1) is 29.7. The Kier molecular flexibility index (Phi) is 7.18. The van der Waals surface area contributed by atoms with Gasteiger partial charge in [-0.2, -0.15) is 0 Å². The molecule has 0 spiro atoms. The molecule has 0 saturated heterocycles. The summed E-state index contributed by atoms with van der Waals surface area (Å²) in [6.07, 6.45) is 22.0. The van der Waals surface area contributed by atoms with E-state index in [1.807, 2.05) is 0 Å². The molecule has 4 nitrogen and oxygen atoms in total. The van der Waals surface area contributed by atoms with Crippen molar-refractivity contribution < 1.29 is 0 Å². The van der Waals surface area contributed by atoms with E-state index < -0.39 is 0 Å². The Hall–Kier alpha value is -4.44. The molecule has 0 aromatic carbocycles. The number of H-pyrrole nitrogens is 2. The van der Waals surface area contributed by atoms with Crippen molar-refractivity contribution >= 4 is 44.4 Å². The minimum absolute atomic E-state index is 0.313. The van der Waals surface area contributed by atoms with Crippen LogP contribution in [0.15, 0.2) is 74.9 Å². The number of aryl methyl sites for hydroxylation is 2. The molecule has 4 atom stereocenters. The number of fused-ring (bicyclic) bond motifs is 18. The van der Waals surface area contributed by atoms with Gasteiger partial charge in [0.25, 0.3) is 0 Å². The van der Waals surface area contributed by atoms with Crippen LogP contribution in [0.25, 0.3) is 44.4 Å². The predicted octanol–water partition coefficient (Wildman–Crippen LogP) is 11.3. The van der Waals surface area contributed by atoms with Crippen molar-refractivity contribution in [3.63, 3.8) is 0 Å². The second kappa shape index (κ2) is 11.6. The zero-order valence-corrected chi connectivity index (χ0v) is 28.1. The minimum Gasteiger partial charge on any atom is -0.355 e. The Morgan fingerprint density at radius 2 is 0.854 bits per heavy atom. The number of hydrogen-bond acceptors (Lipinski definition) is 2. The zero-order valence-electron chi connectivity index (χ0n) is 28.1. The van der Waals surface area contributed by atoms with Crippen molar-refractivity contribution in [2.45, 2.75) is 88.9 Å². The summed E-state index contributed by atoms with van der Waals surface area (Å²) in [4.78, 5) is 18.9. The molecule has 0 fully saturated rings. The van der Waals surface area contributed by atoms with Crippen LogP contribution in [0, 0.1) is 11.8 Å². The van der Waals surface area contributed by atoms with Crippen molar-refractivity contribution in [1.82, 2.24) is 19.9 Å². The lowest BCUT2D eigenvalue weighted by Crippen LogP contribution is -2.07. The number of hydrogen-bond donors (Lipinski definition) is 2. The molecule has 0 saturated carbocycles. The molecule has 4 aliphatic carbocycles. The van der Waals surface area contributed by atoms with Gasteiger partial charge in [0.2, 0.25) is 0 Å². The van der Waals surface area contributed by atoms with E-state index in [4.69, 9.17) is 9.97 Å². The lowest BCUT2D eigenvalue weighted by Gasteiger charge is -2.22. The van der Waals surface area contributed by atoms with Crippen LogP contribution >= 0.6 is 0 Å². The molecular weight excluding hydrogens is 585 g/mol. The van der Waals surface area contributed by atoms with Gasteiger partial charge in [0.1, 0.15) is 0 Å². The van der Waals surface area contributed by atoms with Crippen LogP contribution in [-0.2, 0) is 12.8 Å². The summed E-state index contributed by atoms with van der Waals surface area (Å²) in [5.41, 5.74) is 20.3. The molecule has 5 heterocycles. The molecule has 242 valence electrons. The van der Waals surface area contributed by atoms with Crippen molar-refractivity contribution in [3.8, 4) is 0 Å². The number of aromatic amines is 2. The largest absolute Gasteiger partial charge is 0.355 e. The van der Waals surface area contributed by atoms with Gasteiger partial charge in [-0.3, -0.25) is 0 Å². The summed E-state index contributed by atoms with van der Waals surface area (Å²) in [5, 5.41) is 0. The maximum Gasteiger partial charge on any atom is 0.0699 e. The van der Waals surface area contributed by atoms with Crippen LogP contribution in [0.1, 0.15) is 121 Å². The van der Waals surface area contributed by atoms with Crippen molar-refractivity contribution in [1.29, 1.82) is 0 Å². The molecule has 48 heavy (non-hydrogen) atoms. The molecule has 3 aromatic rings. The number of rotatable bonds is 4. The summed E-state index contributed by atoms with van der Waals surface area (Å²) >= 11 is 0. The van der Waals surface area contributed by atoms with Gasteiger partial charge in [-0.1, -0.05) is 24.3 Å². The molecular formula is C44H46N4. The second-order valence-electron chi connectivity index (χ2n) is 14.8. The lowest BCUT2D eigenvalue weighted by atomic mass is 9.80. The van der Waals surface area contributed by atoms with Crippen LogP contribution in [0.3, 0.4) is 0 Å². The van der Waals surface area contributed by atoms with E-state index in [0.29, 0.717) is 23.7 Å². The first-order chi connectivity index (χ1) is 23.6. The van der Waals surface area contributed by atoms with Crippen molar-refractivity contribution in [3.05, 3.63) is 120 Å². The van der Waals surface area contributed by atoms with E-state index in [-0.39, 0.29) is 0 Å². The molecule has 0 amide bonds. The third-order valence-corrected chi connectivity index (χ3v) is 12.2. The Morgan fingerprint density at radius 3 is 1.27 bits per heavy atom. The van der Waals surface area contributed by atoms with Crippen molar-refractivity contribution in [2.24, 2.45) is 11.8 Å². The number of allylic oxidation sites excluding steroid dienone is 8. The maximum absolute atomic E-state index is 5.48.